The van der Waals surface area contributed by atoms with Crippen LogP contribution >= 0.6 is 11.8 Å². The number of allylic oxidation sites excluding steroid dienone is 1. The average molecular weight is 916 g/mol. The Morgan fingerprint density at radius 3 is 2.39 bits per heavy atom. The minimum atomic E-state index is -1.43. The molecule has 0 aromatic heterocycles. The van der Waals surface area contributed by atoms with Crippen molar-refractivity contribution < 1.29 is 39.0 Å². The number of aliphatic hydroxyl groups excluding tert-OH is 2. The van der Waals surface area contributed by atoms with Crippen molar-refractivity contribution >= 4 is 35.1 Å². The third-order valence-electron chi connectivity index (χ3n) is 12.8. The van der Waals surface area contributed by atoms with E-state index in [4.69, 9.17) is 24.2 Å². The maximum atomic E-state index is 14.8. The second-order valence-corrected chi connectivity index (χ2v) is 17.9. The lowest BCUT2D eigenvalue weighted by molar-refractivity contribution is -0.384. The summed E-state index contributed by atoms with van der Waals surface area (Å²) in [5, 5.41) is 36.3. The number of unbranched alkanes of at least 4 members (excludes halogenated alkanes) is 2. The van der Waals surface area contributed by atoms with Gasteiger partial charge in [-0.1, -0.05) is 67.4 Å². The number of hydrogen-bond donors (Lipinski definition) is 2. The van der Waals surface area contributed by atoms with E-state index in [0.717, 1.165) is 47.3 Å². The molecule has 348 valence electrons. The third kappa shape index (κ3) is 11.1. The van der Waals surface area contributed by atoms with Crippen LogP contribution < -0.4 is 9.47 Å². The Morgan fingerprint density at radius 2 is 1.71 bits per heavy atom. The number of benzene rings is 4. The summed E-state index contributed by atoms with van der Waals surface area (Å²) in [6.07, 6.45) is 14.7. The van der Waals surface area contributed by atoms with Crippen LogP contribution in [0, 0.1) is 27.9 Å². The van der Waals surface area contributed by atoms with Gasteiger partial charge in [0.1, 0.15) is 29.9 Å². The largest absolute Gasteiger partial charge is 0.459 e. The fourth-order valence-corrected chi connectivity index (χ4v) is 10.3. The first-order valence-corrected chi connectivity index (χ1v) is 24.2. The Labute approximate surface area is 392 Å². The molecule has 1 fully saturated rings. The van der Waals surface area contributed by atoms with Crippen molar-refractivity contribution in [1.29, 1.82) is 0 Å². The number of nitrogens with zero attached hydrogens (tertiary/aromatic N) is 3. The lowest BCUT2D eigenvalue weighted by Crippen LogP contribution is -2.70. The highest BCUT2D eigenvalue weighted by atomic mass is 32.2. The minimum absolute atomic E-state index is 0.0367. The van der Waals surface area contributed by atoms with Gasteiger partial charge < -0.3 is 34.2 Å². The summed E-state index contributed by atoms with van der Waals surface area (Å²) in [6, 6.07) is 29.2. The number of thioether (sulfide) groups is 1. The number of non-ortho nitro benzene ring substituents is 1. The molecular formula is C53H61N3O9S. The van der Waals surface area contributed by atoms with Crippen LogP contribution in [-0.4, -0.2) is 76.1 Å². The molecule has 4 aromatic carbocycles. The molecule has 1 amide bonds. The Morgan fingerprint density at radius 1 is 0.985 bits per heavy atom. The summed E-state index contributed by atoms with van der Waals surface area (Å²) in [7, 11) is 0. The molecule has 1 heterocycles. The van der Waals surface area contributed by atoms with Crippen LogP contribution in [0.4, 0.5) is 5.69 Å². The molecule has 1 aliphatic heterocycles. The molecule has 0 bridgehead atoms. The smallest absolute Gasteiger partial charge is 0.269 e. The Hall–Kier alpha value is -5.73. The lowest BCUT2D eigenvalue weighted by Gasteiger charge is -2.60. The van der Waals surface area contributed by atoms with E-state index in [1.807, 2.05) is 84.8 Å². The van der Waals surface area contributed by atoms with Gasteiger partial charge in [0.15, 0.2) is 0 Å². The van der Waals surface area contributed by atoms with Crippen molar-refractivity contribution in [2.45, 2.75) is 87.5 Å². The van der Waals surface area contributed by atoms with Crippen LogP contribution in [0.3, 0.4) is 0 Å². The van der Waals surface area contributed by atoms with E-state index in [1.54, 1.807) is 36.0 Å². The molecule has 1 saturated carbocycles. The normalized spacial score (nSPS) is 22.5. The van der Waals surface area contributed by atoms with E-state index in [9.17, 15) is 25.1 Å². The van der Waals surface area contributed by atoms with Crippen LogP contribution in [0.25, 0.3) is 6.08 Å². The molecule has 6 atom stereocenters. The number of oxime groups is 1. The first kappa shape index (κ1) is 48.2. The van der Waals surface area contributed by atoms with E-state index >= 15 is 0 Å². The molecule has 2 aliphatic carbocycles. The van der Waals surface area contributed by atoms with E-state index in [-0.39, 0.29) is 62.2 Å². The number of nitro groups is 1. The maximum Gasteiger partial charge on any atom is 0.269 e. The van der Waals surface area contributed by atoms with Gasteiger partial charge in [-0.25, -0.2) is 0 Å². The Balaban J connectivity index is 1.41. The average Bonchev–Trinajstić information content (AvgIpc) is 3.34. The third-order valence-corrected chi connectivity index (χ3v) is 13.6. The number of carbonyl (C=O) groups excluding carboxylic acids is 1. The van der Waals surface area contributed by atoms with E-state index in [2.05, 4.69) is 18.7 Å². The fraction of sp³-hybridized carbons (Fsp3) is 0.396. The summed E-state index contributed by atoms with van der Waals surface area (Å²) in [5.41, 5.74) is 4.16. The molecule has 6 unspecified atom stereocenters. The van der Waals surface area contributed by atoms with Gasteiger partial charge in [0.25, 0.3) is 5.69 Å². The SMILES string of the molecule is C=CCOC12Oc3ccc(Oc4ccc(SC)cc4)cc3C3C(CCCCO)C(CCCCO)C=C(C(=NOCc4ccccc4)CC1N(CCC)C(=O)C=Cc1ccc([N+](=O)[O-])cc1)C32. The van der Waals surface area contributed by atoms with Crippen molar-refractivity contribution in [1.82, 2.24) is 4.90 Å². The molecule has 3 aliphatic rings. The Bertz CT molecular complexity index is 2350. The zero-order chi connectivity index (χ0) is 46.5. The van der Waals surface area contributed by atoms with Gasteiger partial charge in [-0.3, -0.25) is 14.9 Å². The van der Waals surface area contributed by atoms with Crippen molar-refractivity contribution in [2.24, 2.45) is 22.9 Å². The van der Waals surface area contributed by atoms with E-state index in [1.165, 1.54) is 18.2 Å². The van der Waals surface area contributed by atoms with Gasteiger partial charge in [0, 0.05) is 60.8 Å². The number of fused-ring (bicyclic) bond motifs is 2. The zero-order valence-corrected chi connectivity index (χ0v) is 38.7. The highest BCUT2D eigenvalue weighted by molar-refractivity contribution is 7.98. The summed E-state index contributed by atoms with van der Waals surface area (Å²) >= 11 is 1.66. The monoisotopic (exact) mass is 915 g/mol. The number of hydrogen-bond acceptors (Lipinski definition) is 11. The first-order chi connectivity index (χ1) is 32.2. The van der Waals surface area contributed by atoms with Crippen molar-refractivity contribution in [3.63, 3.8) is 0 Å². The molecule has 0 spiro atoms. The van der Waals surface area contributed by atoms with E-state index in [0.29, 0.717) is 54.3 Å². The molecule has 66 heavy (non-hydrogen) atoms. The second-order valence-electron chi connectivity index (χ2n) is 17.0. The predicted octanol–water partition coefficient (Wildman–Crippen LogP) is 10.9. The molecular weight excluding hydrogens is 855 g/mol. The summed E-state index contributed by atoms with van der Waals surface area (Å²) in [6.45, 7) is 6.99. The van der Waals surface area contributed by atoms with Gasteiger partial charge in [0.2, 0.25) is 11.7 Å². The van der Waals surface area contributed by atoms with Crippen molar-refractivity contribution in [3.8, 4) is 17.2 Å². The molecule has 7 rings (SSSR count). The van der Waals surface area contributed by atoms with Gasteiger partial charge in [-0.2, -0.15) is 0 Å². The number of amides is 1. The maximum absolute atomic E-state index is 14.8. The molecule has 2 N–H and O–H groups in total. The second kappa shape index (κ2) is 23.1. The predicted molar refractivity (Wildman–Crippen MR) is 259 cm³/mol. The van der Waals surface area contributed by atoms with Crippen molar-refractivity contribution in [3.05, 3.63) is 154 Å². The van der Waals surface area contributed by atoms with Gasteiger partial charge >= 0.3 is 0 Å². The van der Waals surface area contributed by atoms with E-state index < -0.39 is 22.7 Å². The minimum Gasteiger partial charge on any atom is -0.459 e. The van der Waals surface area contributed by atoms with Gasteiger partial charge in [-0.15, -0.1) is 18.3 Å². The standard InChI is InChI=1S/C53H61N3O9S/c1-4-29-55(50(59)28-19-37-17-20-40(21-18-37)56(60)61)49-35-47(54-63-36-38-13-7-6-8-14-38)45-33-39(15-9-11-30-57)44(16-10-12-31-58)51-46-34-42(64-41-22-25-43(66-3)26-23-41)24-27-48(46)65-53(49,52(45)51)62-32-5-2/h5-8,13-14,17-28,33-34,39,44,49,51-52,57-58H,2,4,9-12,15-16,29-32,35-36H2,1,3H3. The number of ether oxygens (including phenoxy) is 3. The number of carbonyl (C=O) groups is 1. The molecule has 0 saturated heterocycles. The zero-order valence-electron chi connectivity index (χ0n) is 37.8. The Kier molecular flexibility index (Phi) is 16.9. The number of rotatable bonds is 23. The number of nitro benzene ring substituents is 1. The highest BCUT2D eigenvalue weighted by Crippen LogP contribution is 2.62. The summed E-state index contributed by atoms with van der Waals surface area (Å²) < 4.78 is 21.1. The summed E-state index contributed by atoms with van der Waals surface area (Å²) in [4.78, 5) is 34.9. The first-order valence-electron chi connectivity index (χ1n) is 23.0. The van der Waals surface area contributed by atoms with Crippen LogP contribution in [0.5, 0.6) is 17.2 Å². The fourth-order valence-electron chi connectivity index (χ4n) is 9.88. The van der Waals surface area contributed by atoms with Crippen LogP contribution in [-0.2, 0) is 21.0 Å². The molecule has 13 heteroatoms. The van der Waals surface area contributed by atoms with Crippen LogP contribution in [0.2, 0.25) is 0 Å². The molecule has 12 nitrogen and oxygen atoms in total. The van der Waals surface area contributed by atoms with Gasteiger partial charge in [0.05, 0.1) is 23.2 Å². The van der Waals surface area contributed by atoms with Crippen LogP contribution in [0.1, 0.15) is 80.9 Å². The topological polar surface area (TPSA) is 153 Å². The summed E-state index contributed by atoms with van der Waals surface area (Å²) in [5.74, 6) is -0.331. The van der Waals surface area contributed by atoms with Crippen LogP contribution in [0.15, 0.2) is 137 Å². The highest BCUT2D eigenvalue weighted by Gasteiger charge is 2.65. The number of aliphatic hydroxyl groups is 2. The van der Waals surface area contributed by atoms with Gasteiger partial charge in [-0.05, 0) is 128 Å². The quantitative estimate of drug-likeness (QED) is 0.0184. The molecule has 0 radical (unpaired) electrons. The lowest BCUT2D eigenvalue weighted by atomic mass is 9.55. The molecule has 4 aromatic rings. The van der Waals surface area contributed by atoms with Crippen molar-refractivity contribution in [2.75, 3.05) is 32.6 Å².